The second-order valence-electron chi connectivity index (χ2n) is 4.28. The van der Waals surface area contributed by atoms with Crippen molar-refractivity contribution in [3.63, 3.8) is 0 Å². The van der Waals surface area contributed by atoms with Crippen molar-refractivity contribution in [2.75, 3.05) is 17.3 Å². The first-order valence-corrected chi connectivity index (χ1v) is 7.91. The number of thioether (sulfide) groups is 2. The van der Waals surface area contributed by atoms with Crippen LogP contribution in [0.2, 0.25) is 0 Å². The number of carbonyl (C=O) groups excluding carboxylic acids is 1. The molecule has 4 nitrogen and oxygen atoms in total. The van der Waals surface area contributed by atoms with E-state index in [-0.39, 0.29) is 18.1 Å². The third-order valence-electron chi connectivity index (χ3n) is 2.56. The molecule has 1 saturated heterocycles. The van der Waals surface area contributed by atoms with Gasteiger partial charge in [-0.05, 0) is 0 Å². The van der Waals surface area contributed by atoms with Gasteiger partial charge in [-0.1, -0.05) is 19.0 Å². The van der Waals surface area contributed by atoms with E-state index in [4.69, 9.17) is 4.52 Å². The molecule has 0 saturated carbocycles. The average Bonchev–Trinajstić information content (AvgIpc) is 2.78. The number of Topliss-reactive ketones (excluding diaryl/α,β-unsaturated/α-hetero) is 1. The molecule has 0 N–H and O–H groups in total. The Morgan fingerprint density at radius 1 is 1.53 bits per heavy atom. The molecule has 0 bridgehead atoms. The number of carbonyl (C=O) groups is 1. The molecule has 2 heterocycles. The van der Waals surface area contributed by atoms with E-state index in [2.05, 4.69) is 10.1 Å². The van der Waals surface area contributed by atoms with E-state index in [0.29, 0.717) is 11.1 Å². The zero-order valence-corrected chi connectivity index (χ0v) is 11.6. The quantitative estimate of drug-likeness (QED) is 0.838. The number of ketones is 1. The molecule has 1 aromatic heterocycles. The van der Waals surface area contributed by atoms with Gasteiger partial charge in [-0.25, -0.2) is 0 Å². The van der Waals surface area contributed by atoms with Crippen LogP contribution in [0.4, 0.5) is 0 Å². The summed E-state index contributed by atoms with van der Waals surface area (Å²) in [5, 5.41) is 4.30. The van der Waals surface area contributed by atoms with Crippen molar-refractivity contribution in [3.05, 3.63) is 11.7 Å². The molecule has 0 amide bonds. The molecule has 94 valence electrons. The molecule has 2 rings (SSSR count). The maximum atomic E-state index is 11.6. The van der Waals surface area contributed by atoms with E-state index in [9.17, 15) is 4.79 Å². The van der Waals surface area contributed by atoms with E-state index in [0.717, 1.165) is 17.3 Å². The second-order valence-corrected chi connectivity index (χ2v) is 6.74. The zero-order valence-electron chi connectivity index (χ0n) is 10.0. The number of hydrogen-bond acceptors (Lipinski definition) is 6. The lowest BCUT2D eigenvalue weighted by atomic mass is 10.1. The lowest BCUT2D eigenvalue weighted by Gasteiger charge is -2.16. The fourth-order valence-corrected chi connectivity index (χ4v) is 4.05. The zero-order chi connectivity index (χ0) is 12.3. The monoisotopic (exact) mass is 272 g/mol. The molecular weight excluding hydrogens is 256 g/mol. The van der Waals surface area contributed by atoms with Crippen LogP contribution < -0.4 is 0 Å². The van der Waals surface area contributed by atoms with Crippen molar-refractivity contribution < 1.29 is 9.32 Å². The Bertz CT molecular complexity index is 387. The maximum Gasteiger partial charge on any atom is 0.234 e. The third kappa shape index (κ3) is 3.48. The summed E-state index contributed by atoms with van der Waals surface area (Å²) in [7, 11) is 0. The van der Waals surface area contributed by atoms with E-state index in [1.54, 1.807) is 0 Å². The molecule has 0 aliphatic carbocycles. The topological polar surface area (TPSA) is 56.0 Å². The first-order valence-electron chi connectivity index (χ1n) is 5.71. The molecular formula is C11H16N2O2S2. The first-order chi connectivity index (χ1) is 8.16. The molecule has 1 aromatic rings. The minimum absolute atomic E-state index is 0.0185. The van der Waals surface area contributed by atoms with Gasteiger partial charge in [-0.15, -0.1) is 11.8 Å². The Hall–Kier alpha value is -0.490. The molecule has 17 heavy (non-hydrogen) atoms. The summed E-state index contributed by atoms with van der Waals surface area (Å²) in [5.41, 5.74) is 0. The van der Waals surface area contributed by atoms with E-state index in [1.807, 2.05) is 37.4 Å². The summed E-state index contributed by atoms with van der Waals surface area (Å²) in [6, 6.07) is 0. The van der Waals surface area contributed by atoms with E-state index < -0.39 is 0 Å². The lowest BCUT2D eigenvalue weighted by molar-refractivity contribution is -0.121. The Morgan fingerprint density at radius 3 is 3.00 bits per heavy atom. The highest BCUT2D eigenvalue weighted by molar-refractivity contribution is 8.06. The molecule has 1 aliphatic heterocycles. The highest BCUT2D eigenvalue weighted by atomic mass is 32.2. The van der Waals surface area contributed by atoms with E-state index in [1.165, 1.54) is 5.75 Å². The van der Waals surface area contributed by atoms with Crippen LogP contribution in [-0.2, 0) is 11.2 Å². The van der Waals surface area contributed by atoms with Crippen molar-refractivity contribution in [2.24, 2.45) is 5.92 Å². The number of aromatic nitrogens is 2. The highest BCUT2D eigenvalue weighted by Crippen LogP contribution is 2.35. The summed E-state index contributed by atoms with van der Waals surface area (Å²) in [5.74, 6) is 4.71. The van der Waals surface area contributed by atoms with Crippen molar-refractivity contribution in [2.45, 2.75) is 25.5 Å². The Labute approximate surface area is 109 Å². The van der Waals surface area contributed by atoms with E-state index >= 15 is 0 Å². The molecule has 1 atom stereocenters. The second kappa shape index (κ2) is 5.91. The normalized spacial score (nSPS) is 20.8. The predicted molar refractivity (Wildman–Crippen MR) is 70.4 cm³/mol. The van der Waals surface area contributed by atoms with Crippen LogP contribution in [0.25, 0.3) is 0 Å². The van der Waals surface area contributed by atoms with Gasteiger partial charge in [-0.2, -0.15) is 16.7 Å². The number of nitrogens with zero attached hydrogens (tertiary/aromatic N) is 2. The molecule has 1 unspecified atom stereocenters. The maximum absolute atomic E-state index is 11.6. The van der Waals surface area contributed by atoms with Crippen LogP contribution in [0.3, 0.4) is 0 Å². The van der Waals surface area contributed by atoms with Crippen LogP contribution in [0, 0.1) is 5.92 Å². The Kier molecular flexibility index (Phi) is 4.50. The molecule has 6 heteroatoms. The average molecular weight is 272 g/mol. The van der Waals surface area contributed by atoms with Crippen LogP contribution in [0.1, 0.15) is 30.8 Å². The van der Waals surface area contributed by atoms with Crippen LogP contribution in [0.5, 0.6) is 0 Å². The lowest BCUT2D eigenvalue weighted by Crippen LogP contribution is -2.11. The summed E-state index contributed by atoms with van der Waals surface area (Å²) >= 11 is 3.78. The molecule has 0 radical (unpaired) electrons. The van der Waals surface area contributed by atoms with Crippen molar-refractivity contribution >= 4 is 29.3 Å². The number of rotatable bonds is 4. The summed E-state index contributed by atoms with van der Waals surface area (Å²) < 4.78 is 5.13. The minimum atomic E-state index is 0.0185. The van der Waals surface area contributed by atoms with Crippen molar-refractivity contribution in [3.8, 4) is 0 Å². The van der Waals surface area contributed by atoms with Gasteiger partial charge in [0.25, 0.3) is 0 Å². The smallest absolute Gasteiger partial charge is 0.234 e. The minimum Gasteiger partial charge on any atom is -0.339 e. The third-order valence-corrected chi connectivity index (χ3v) is 5.31. The van der Waals surface area contributed by atoms with Gasteiger partial charge in [0.05, 0.1) is 11.7 Å². The summed E-state index contributed by atoms with van der Waals surface area (Å²) in [6.07, 6.45) is 0.259. The highest BCUT2D eigenvalue weighted by Gasteiger charge is 2.22. The number of hydrogen-bond donors (Lipinski definition) is 0. The fraction of sp³-hybridized carbons (Fsp3) is 0.727. The summed E-state index contributed by atoms with van der Waals surface area (Å²) in [4.78, 5) is 15.9. The molecule has 1 fully saturated rings. The van der Waals surface area contributed by atoms with Gasteiger partial charge in [0.15, 0.2) is 5.82 Å². The van der Waals surface area contributed by atoms with Crippen molar-refractivity contribution in [1.29, 1.82) is 0 Å². The van der Waals surface area contributed by atoms with Gasteiger partial charge in [0, 0.05) is 23.2 Å². The van der Waals surface area contributed by atoms with Gasteiger partial charge in [-0.3, -0.25) is 4.79 Å². The van der Waals surface area contributed by atoms with Crippen LogP contribution in [-0.4, -0.2) is 33.2 Å². The van der Waals surface area contributed by atoms with Crippen LogP contribution >= 0.6 is 23.5 Å². The predicted octanol–water partition coefficient (Wildman–Crippen LogP) is 2.36. The Morgan fingerprint density at radius 2 is 2.35 bits per heavy atom. The molecule has 0 spiro atoms. The standard InChI is InChI=1S/C11H16N2O2S2/c1-7(2)8(14)5-10-12-11(13-15-10)9-6-16-3-4-17-9/h7,9H,3-6H2,1-2H3. The largest absolute Gasteiger partial charge is 0.339 e. The van der Waals surface area contributed by atoms with Gasteiger partial charge >= 0.3 is 0 Å². The molecule has 1 aliphatic rings. The fourth-order valence-electron chi connectivity index (χ4n) is 1.46. The molecule has 0 aromatic carbocycles. The van der Waals surface area contributed by atoms with Gasteiger partial charge < -0.3 is 4.52 Å². The first kappa shape index (κ1) is 13.0. The summed E-state index contributed by atoms with van der Waals surface area (Å²) in [6.45, 7) is 3.76. The van der Waals surface area contributed by atoms with Gasteiger partial charge in [0.1, 0.15) is 5.78 Å². The van der Waals surface area contributed by atoms with Crippen LogP contribution in [0.15, 0.2) is 4.52 Å². The van der Waals surface area contributed by atoms with Gasteiger partial charge in [0.2, 0.25) is 5.89 Å². The SMILES string of the molecule is CC(C)C(=O)Cc1nc(C2CSCCS2)no1. The Balaban J connectivity index is 1.97. The van der Waals surface area contributed by atoms with Crippen molar-refractivity contribution in [1.82, 2.24) is 10.1 Å².